The minimum atomic E-state index is -2.91. The van der Waals surface area contributed by atoms with Crippen LogP contribution in [0.4, 0.5) is 8.78 Å². The molecule has 1 rings (SSSR count). The van der Waals surface area contributed by atoms with Gasteiger partial charge in [-0.25, -0.2) is 8.78 Å². The molecular weight excluding hydrogens is 194 g/mol. The lowest BCUT2D eigenvalue weighted by molar-refractivity contribution is 0.145. The molecule has 0 aliphatic heterocycles. The van der Waals surface area contributed by atoms with Crippen molar-refractivity contribution in [1.82, 2.24) is 4.98 Å². The maximum absolute atomic E-state index is 12.4. The monoisotopic (exact) mass is 204 g/mol. The van der Waals surface area contributed by atoms with Crippen molar-refractivity contribution in [3.63, 3.8) is 0 Å². The molecule has 1 aromatic heterocycles. The number of halogens is 2. The van der Waals surface area contributed by atoms with Crippen LogP contribution in [0.1, 0.15) is 23.1 Å². The molecule has 0 aliphatic carbocycles. The van der Waals surface area contributed by atoms with Crippen LogP contribution in [0.2, 0.25) is 0 Å². The highest BCUT2D eigenvalue weighted by Crippen LogP contribution is 2.21. The number of pyridine rings is 1. The smallest absolute Gasteiger partial charge is 0.269 e. The minimum absolute atomic E-state index is 0.00755. The van der Waals surface area contributed by atoms with Crippen LogP contribution in [-0.4, -0.2) is 10.1 Å². The van der Waals surface area contributed by atoms with Gasteiger partial charge >= 0.3 is 0 Å². The van der Waals surface area contributed by atoms with Crippen LogP contribution < -0.4 is 11.3 Å². The molecule has 0 unspecified atom stereocenters. The number of rotatable bonds is 3. The average Bonchev–Trinajstić information content (AvgIpc) is 2.16. The first-order valence-electron chi connectivity index (χ1n) is 3.94. The van der Waals surface area contributed by atoms with Gasteiger partial charge in [-0.3, -0.25) is 4.79 Å². The zero-order chi connectivity index (χ0) is 10.7. The van der Waals surface area contributed by atoms with Crippen LogP contribution in [-0.2, 0) is 13.2 Å². The lowest BCUT2D eigenvalue weighted by atomic mass is 10.1. The van der Waals surface area contributed by atoms with Crippen molar-refractivity contribution in [2.75, 3.05) is 0 Å². The lowest BCUT2D eigenvalue weighted by Crippen LogP contribution is -2.19. The molecule has 78 valence electrons. The van der Waals surface area contributed by atoms with Gasteiger partial charge in [-0.1, -0.05) is 0 Å². The second-order valence-corrected chi connectivity index (χ2v) is 2.70. The molecule has 0 atom stereocenters. The molecule has 0 spiro atoms. The second kappa shape index (κ2) is 4.30. The van der Waals surface area contributed by atoms with E-state index in [9.17, 15) is 13.6 Å². The number of hydrogen-bond donors (Lipinski definition) is 3. The first-order valence-corrected chi connectivity index (χ1v) is 3.94. The molecule has 0 aromatic carbocycles. The van der Waals surface area contributed by atoms with Crippen molar-refractivity contribution in [3.8, 4) is 0 Å². The minimum Gasteiger partial charge on any atom is -0.392 e. The summed E-state index contributed by atoms with van der Waals surface area (Å²) < 4.78 is 24.8. The Morgan fingerprint density at radius 2 is 2.21 bits per heavy atom. The standard InChI is InChI=1S/C8H10F2N2O2/c9-7(10)6-5(3-13)4(1-11)2-12-8(6)14/h2,7,13H,1,3,11H2,(H,12,14). The van der Waals surface area contributed by atoms with Crippen LogP contribution in [0.15, 0.2) is 11.0 Å². The van der Waals surface area contributed by atoms with Crippen LogP contribution >= 0.6 is 0 Å². The molecule has 4 nitrogen and oxygen atoms in total. The van der Waals surface area contributed by atoms with Crippen molar-refractivity contribution < 1.29 is 13.9 Å². The van der Waals surface area contributed by atoms with Gasteiger partial charge in [-0.05, 0) is 11.1 Å². The molecule has 0 saturated carbocycles. The van der Waals surface area contributed by atoms with Crippen molar-refractivity contribution in [2.24, 2.45) is 5.73 Å². The highest BCUT2D eigenvalue weighted by molar-refractivity contribution is 5.32. The number of aliphatic hydroxyl groups is 1. The van der Waals surface area contributed by atoms with E-state index >= 15 is 0 Å². The molecule has 0 saturated heterocycles. The quantitative estimate of drug-likeness (QED) is 0.660. The summed E-state index contributed by atoms with van der Waals surface area (Å²) in [6.07, 6.45) is -1.67. The summed E-state index contributed by atoms with van der Waals surface area (Å²) in [5.41, 5.74) is 3.93. The summed E-state index contributed by atoms with van der Waals surface area (Å²) in [4.78, 5) is 13.2. The Balaban J connectivity index is 3.43. The number of alkyl halides is 2. The molecule has 6 heteroatoms. The third-order valence-electron chi connectivity index (χ3n) is 1.93. The Hall–Kier alpha value is -1.27. The second-order valence-electron chi connectivity index (χ2n) is 2.70. The van der Waals surface area contributed by atoms with E-state index in [0.29, 0.717) is 5.56 Å². The number of nitrogens with one attached hydrogen (secondary N) is 1. The predicted octanol–water partition coefficient (Wildman–Crippen LogP) is 0.263. The number of aromatic nitrogens is 1. The van der Waals surface area contributed by atoms with E-state index in [4.69, 9.17) is 10.8 Å². The van der Waals surface area contributed by atoms with E-state index in [-0.39, 0.29) is 12.1 Å². The van der Waals surface area contributed by atoms with Crippen molar-refractivity contribution >= 4 is 0 Å². The van der Waals surface area contributed by atoms with Crippen LogP contribution in [0.5, 0.6) is 0 Å². The normalized spacial score (nSPS) is 10.9. The van der Waals surface area contributed by atoms with Gasteiger partial charge in [-0.15, -0.1) is 0 Å². The van der Waals surface area contributed by atoms with E-state index in [0.717, 1.165) is 0 Å². The highest BCUT2D eigenvalue weighted by atomic mass is 19.3. The van der Waals surface area contributed by atoms with Gasteiger partial charge in [0.2, 0.25) is 0 Å². The molecule has 4 N–H and O–H groups in total. The average molecular weight is 204 g/mol. The molecule has 0 aliphatic rings. The van der Waals surface area contributed by atoms with E-state index in [1.165, 1.54) is 6.20 Å². The van der Waals surface area contributed by atoms with Crippen LogP contribution in [0, 0.1) is 0 Å². The Morgan fingerprint density at radius 3 is 2.64 bits per heavy atom. The fourth-order valence-corrected chi connectivity index (χ4v) is 1.23. The highest BCUT2D eigenvalue weighted by Gasteiger charge is 2.19. The van der Waals surface area contributed by atoms with Gasteiger partial charge in [0.15, 0.2) is 0 Å². The number of aliphatic hydroxyl groups excluding tert-OH is 1. The van der Waals surface area contributed by atoms with Gasteiger partial charge in [0.05, 0.1) is 12.2 Å². The maximum atomic E-state index is 12.4. The summed E-state index contributed by atoms with van der Waals surface area (Å²) in [6, 6.07) is 0. The molecular formula is C8H10F2N2O2. The number of H-pyrrole nitrogens is 1. The van der Waals surface area contributed by atoms with Gasteiger partial charge in [0.1, 0.15) is 0 Å². The molecule has 1 heterocycles. The predicted molar refractivity (Wildman–Crippen MR) is 45.8 cm³/mol. The van der Waals surface area contributed by atoms with E-state index in [1.54, 1.807) is 0 Å². The number of nitrogens with two attached hydrogens (primary N) is 1. The maximum Gasteiger partial charge on any atom is 0.269 e. The molecule has 0 fully saturated rings. The van der Waals surface area contributed by atoms with Gasteiger partial charge in [-0.2, -0.15) is 0 Å². The lowest BCUT2D eigenvalue weighted by Gasteiger charge is -2.09. The topological polar surface area (TPSA) is 79.1 Å². The molecule has 0 amide bonds. The summed E-state index contributed by atoms with van der Waals surface area (Å²) in [6.45, 7) is -0.623. The zero-order valence-electron chi connectivity index (χ0n) is 7.26. The SMILES string of the molecule is NCc1c[nH]c(=O)c(C(F)F)c1CO. The largest absolute Gasteiger partial charge is 0.392 e. The molecule has 1 aromatic rings. The summed E-state index contributed by atoms with van der Waals surface area (Å²) in [5.74, 6) is 0. The Morgan fingerprint density at radius 1 is 1.57 bits per heavy atom. The summed E-state index contributed by atoms with van der Waals surface area (Å²) in [7, 11) is 0. The van der Waals surface area contributed by atoms with E-state index < -0.39 is 24.2 Å². The Kier molecular flexibility index (Phi) is 3.32. The summed E-state index contributed by atoms with van der Waals surface area (Å²) in [5, 5.41) is 8.86. The third kappa shape index (κ3) is 1.80. The van der Waals surface area contributed by atoms with Crippen LogP contribution in [0.25, 0.3) is 0 Å². The molecule has 14 heavy (non-hydrogen) atoms. The third-order valence-corrected chi connectivity index (χ3v) is 1.93. The molecule has 0 bridgehead atoms. The number of hydrogen-bond acceptors (Lipinski definition) is 3. The van der Waals surface area contributed by atoms with Crippen molar-refractivity contribution in [1.29, 1.82) is 0 Å². The number of aromatic amines is 1. The zero-order valence-corrected chi connectivity index (χ0v) is 7.26. The fraction of sp³-hybridized carbons (Fsp3) is 0.375. The molecule has 0 radical (unpaired) electrons. The summed E-state index contributed by atoms with van der Waals surface area (Å²) >= 11 is 0. The van der Waals surface area contributed by atoms with Crippen molar-refractivity contribution in [2.45, 2.75) is 19.6 Å². The fourth-order valence-electron chi connectivity index (χ4n) is 1.23. The Bertz CT molecular complexity index is 376. The van der Waals surface area contributed by atoms with Gasteiger partial charge < -0.3 is 15.8 Å². The van der Waals surface area contributed by atoms with Gasteiger partial charge in [0, 0.05) is 12.7 Å². The van der Waals surface area contributed by atoms with E-state index in [1.807, 2.05) is 0 Å². The van der Waals surface area contributed by atoms with E-state index in [2.05, 4.69) is 4.98 Å². The van der Waals surface area contributed by atoms with Crippen molar-refractivity contribution in [3.05, 3.63) is 33.2 Å². The first-order chi connectivity index (χ1) is 6.61. The van der Waals surface area contributed by atoms with Gasteiger partial charge in [0.25, 0.3) is 12.0 Å². The Labute approximate surface area is 78.4 Å². The van der Waals surface area contributed by atoms with Crippen LogP contribution in [0.3, 0.4) is 0 Å². The first kappa shape index (κ1) is 10.8.